The number of nitrogens with one attached hydrogen (secondary N) is 3. The highest BCUT2D eigenvalue weighted by molar-refractivity contribution is 6.07. The first-order chi connectivity index (χ1) is 15.7. The molecule has 1 amide bonds. The summed E-state index contributed by atoms with van der Waals surface area (Å²) in [5.41, 5.74) is 3.62. The molecule has 2 heterocycles. The molecular weight excluding hydrogens is 402 g/mol. The maximum absolute atomic E-state index is 13.0. The van der Waals surface area contributed by atoms with Crippen LogP contribution in [-0.2, 0) is 0 Å². The molecule has 0 unspecified atom stereocenters. The molecule has 5 rings (SSSR count). The fourth-order valence-electron chi connectivity index (χ4n) is 3.57. The van der Waals surface area contributed by atoms with E-state index in [4.69, 9.17) is 4.74 Å². The van der Waals surface area contributed by atoms with Crippen molar-refractivity contribution in [1.82, 2.24) is 20.2 Å². The van der Waals surface area contributed by atoms with Gasteiger partial charge in [0.15, 0.2) is 11.6 Å². The van der Waals surface area contributed by atoms with Gasteiger partial charge in [-0.3, -0.25) is 9.89 Å². The largest absolute Gasteiger partial charge is 0.494 e. The summed E-state index contributed by atoms with van der Waals surface area (Å²) in [6.07, 6.45) is 0. The highest BCUT2D eigenvalue weighted by atomic mass is 16.5. The number of carbonyl (C=O) groups is 1. The van der Waals surface area contributed by atoms with Crippen LogP contribution in [0.5, 0.6) is 5.75 Å². The molecule has 2 aromatic heterocycles. The maximum atomic E-state index is 13.0. The van der Waals surface area contributed by atoms with Crippen molar-refractivity contribution >= 4 is 22.5 Å². The lowest BCUT2D eigenvalue weighted by Crippen LogP contribution is -2.13. The minimum atomic E-state index is -0.241. The minimum absolute atomic E-state index is 0.241. The van der Waals surface area contributed by atoms with Crippen LogP contribution in [0.2, 0.25) is 0 Å². The van der Waals surface area contributed by atoms with Crippen molar-refractivity contribution in [3.63, 3.8) is 0 Å². The van der Waals surface area contributed by atoms with Gasteiger partial charge in [0, 0.05) is 28.1 Å². The average molecular weight is 423 g/mol. The number of H-pyrrole nitrogens is 2. The number of nitrogens with zero attached hydrogens (tertiary/aromatic N) is 2. The van der Waals surface area contributed by atoms with E-state index in [-0.39, 0.29) is 5.91 Å². The number of hydrogen-bond acceptors (Lipinski definition) is 4. The monoisotopic (exact) mass is 423 g/mol. The van der Waals surface area contributed by atoms with Gasteiger partial charge < -0.3 is 15.0 Å². The fourth-order valence-corrected chi connectivity index (χ4v) is 3.57. The van der Waals surface area contributed by atoms with E-state index < -0.39 is 0 Å². The van der Waals surface area contributed by atoms with Crippen LogP contribution in [0.15, 0.2) is 78.9 Å². The van der Waals surface area contributed by atoms with Crippen LogP contribution in [0, 0.1) is 0 Å². The van der Waals surface area contributed by atoms with Crippen LogP contribution in [0.25, 0.3) is 33.7 Å². The Bertz CT molecular complexity index is 1390. The lowest BCUT2D eigenvalue weighted by atomic mass is 10.1. The zero-order valence-corrected chi connectivity index (χ0v) is 17.4. The maximum Gasteiger partial charge on any atom is 0.272 e. The molecule has 0 fully saturated rings. The highest BCUT2D eigenvalue weighted by Gasteiger charge is 2.15. The summed E-state index contributed by atoms with van der Waals surface area (Å²) < 4.78 is 5.54. The topological polar surface area (TPSA) is 95.7 Å². The first-order valence-electron chi connectivity index (χ1n) is 10.4. The predicted octanol–water partition coefficient (Wildman–Crippen LogP) is 5.27. The first-order valence-corrected chi connectivity index (χ1v) is 10.4. The van der Waals surface area contributed by atoms with Gasteiger partial charge in [0.05, 0.1) is 12.3 Å². The number of fused-ring (bicyclic) bond motifs is 1. The molecule has 0 atom stereocenters. The summed E-state index contributed by atoms with van der Waals surface area (Å²) in [6, 6.07) is 24.8. The molecule has 0 aliphatic rings. The molecular formula is C25H21N5O2. The summed E-state index contributed by atoms with van der Waals surface area (Å²) in [6.45, 7) is 2.52. The third kappa shape index (κ3) is 3.83. The zero-order valence-electron chi connectivity index (χ0n) is 17.4. The van der Waals surface area contributed by atoms with Crippen LogP contribution in [0.4, 0.5) is 5.69 Å². The third-order valence-electron chi connectivity index (χ3n) is 5.10. The molecule has 0 bridgehead atoms. The Kier molecular flexibility index (Phi) is 5.13. The van der Waals surface area contributed by atoms with Crippen molar-refractivity contribution in [1.29, 1.82) is 0 Å². The van der Waals surface area contributed by atoms with E-state index in [1.165, 1.54) is 0 Å². The fraction of sp³-hybridized carbons (Fsp3) is 0.0800. The van der Waals surface area contributed by atoms with Crippen molar-refractivity contribution in [2.24, 2.45) is 0 Å². The van der Waals surface area contributed by atoms with Crippen LogP contribution >= 0.6 is 0 Å². The Balaban J connectivity index is 1.42. The van der Waals surface area contributed by atoms with Crippen molar-refractivity contribution < 1.29 is 9.53 Å². The van der Waals surface area contributed by atoms with Gasteiger partial charge in [0.2, 0.25) is 0 Å². The lowest BCUT2D eigenvalue weighted by molar-refractivity contribution is 0.102. The summed E-state index contributed by atoms with van der Waals surface area (Å²) in [5.74, 6) is 1.70. The van der Waals surface area contributed by atoms with Crippen molar-refractivity contribution in [2.45, 2.75) is 6.92 Å². The summed E-state index contributed by atoms with van der Waals surface area (Å²) in [4.78, 5) is 20.8. The van der Waals surface area contributed by atoms with E-state index in [0.717, 1.165) is 27.8 Å². The molecule has 0 spiro atoms. The van der Waals surface area contributed by atoms with Crippen LogP contribution in [0.3, 0.4) is 0 Å². The molecule has 158 valence electrons. The summed E-state index contributed by atoms with van der Waals surface area (Å²) in [7, 11) is 0. The molecule has 0 aliphatic heterocycles. The average Bonchev–Trinajstić information content (AvgIpc) is 3.48. The number of rotatable bonds is 6. The molecule has 7 nitrogen and oxygen atoms in total. The van der Waals surface area contributed by atoms with Gasteiger partial charge >= 0.3 is 0 Å². The third-order valence-corrected chi connectivity index (χ3v) is 5.10. The van der Waals surface area contributed by atoms with E-state index in [9.17, 15) is 4.79 Å². The molecule has 0 radical (unpaired) electrons. The Hall–Kier alpha value is -4.39. The van der Waals surface area contributed by atoms with Gasteiger partial charge in [-0.2, -0.15) is 5.10 Å². The number of carbonyl (C=O) groups excluding carboxylic acids is 1. The van der Waals surface area contributed by atoms with Crippen molar-refractivity contribution in [3.05, 3.63) is 84.6 Å². The standard InChI is InChI=1S/C25H21N5O2/c1-2-32-18-13-12-17-14-22(26-21(17)15-18)25(31)27-20-11-7-6-10-19(20)24-28-23(29-30-24)16-8-4-3-5-9-16/h3-15,26H,2H2,1H3,(H,27,31)(H,28,29,30). The highest BCUT2D eigenvalue weighted by Crippen LogP contribution is 2.28. The molecule has 0 saturated carbocycles. The quantitative estimate of drug-likeness (QED) is 0.347. The Morgan fingerprint density at radius 2 is 1.81 bits per heavy atom. The van der Waals surface area contributed by atoms with Gasteiger partial charge in [0.25, 0.3) is 5.91 Å². The number of aromatic amines is 2. The van der Waals surface area contributed by atoms with Gasteiger partial charge in [-0.15, -0.1) is 0 Å². The number of anilines is 1. The molecule has 0 aliphatic carbocycles. The van der Waals surface area contributed by atoms with Gasteiger partial charge in [-0.25, -0.2) is 4.98 Å². The smallest absolute Gasteiger partial charge is 0.272 e. The second-order valence-electron chi connectivity index (χ2n) is 7.24. The Morgan fingerprint density at radius 1 is 1.00 bits per heavy atom. The van der Waals surface area contributed by atoms with Gasteiger partial charge in [0.1, 0.15) is 11.4 Å². The van der Waals surface area contributed by atoms with Gasteiger partial charge in [-0.1, -0.05) is 42.5 Å². The number of benzene rings is 3. The molecule has 32 heavy (non-hydrogen) atoms. The molecule has 3 aromatic carbocycles. The predicted molar refractivity (Wildman–Crippen MR) is 125 cm³/mol. The zero-order chi connectivity index (χ0) is 21.9. The van der Waals surface area contributed by atoms with Crippen molar-refractivity contribution in [3.8, 4) is 28.5 Å². The van der Waals surface area contributed by atoms with E-state index in [2.05, 4.69) is 25.5 Å². The van der Waals surface area contributed by atoms with Crippen LogP contribution < -0.4 is 10.1 Å². The Morgan fingerprint density at radius 3 is 2.66 bits per heavy atom. The molecule has 7 heteroatoms. The SMILES string of the molecule is CCOc1ccc2cc(C(=O)Nc3ccccc3-c3nc(-c4ccccc4)n[nH]3)[nH]c2c1. The minimum Gasteiger partial charge on any atom is -0.494 e. The lowest BCUT2D eigenvalue weighted by Gasteiger charge is -2.08. The van der Waals surface area contributed by atoms with Crippen LogP contribution in [-0.4, -0.2) is 32.7 Å². The molecule has 3 N–H and O–H groups in total. The number of para-hydroxylation sites is 1. The van der Waals surface area contributed by atoms with Crippen molar-refractivity contribution in [2.75, 3.05) is 11.9 Å². The van der Waals surface area contributed by atoms with Crippen LogP contribution in [0.1, 0.15) is 17.4 Å². The number of aromatic nitrogens is 4. The first kappa shape index (κ1) is 19.6. The number of amides is 1. The Labute approximate surface area is 184 Å². The number of ether oxygens (including phenoxy) is 1. The van der Waals surface area contributed by atoms with Gasteiger partial charge in [-0.05, 0) is 37.3 Å². The van der Waals surface area contributed by atoms with E-state index in [1.807, 2.05) is 85.8 Å². The molecule has 0 saturated heterocycles. The number of hydrogen-bond donors (Lipinski definition) is 3. The van der Waals surface area contributed by atoms with E-state index in [1.54, 1.807) is 0 Å². The second kappa shape index (κ2) is 8.39. The summed E-state index contributed by atoms with van der Waals surface area (Å²) in [5, 5.41) is 11.2. The normalized spacial score (nSPS) is 10.9. The van der Waals surface area contributed by atoms with E-state index >= 15 is 0 Å². The summed E-state index contributed by atoms with van der Waals surface area (Å²) >= 11 is 0. The molecule has 5 aromatic rings. The second-order valence-corrected chi connectivity index (χ2v) is 7.24. The van der Waals surface area contributed by atoms with E-state index in [0.29, 0.717) is 29.6 Å².